The van der Waals surface area contributed by atoms with Gasteiger partial charge in [0.05, 0.1) is 6.54 Å². The van der Waals surface area contributed by atoms with Crippen molar-refractivity contribution in [3.05, 3.63) is 5.01 Å². The lowest BCUT2D eigenvalue weighted by Gasteiger charge is -2.11. The Labute approximate surface area is 85.3 Å². The van der Waals surface area contributed by atoms with Gasteiger partial charge in [-0.1, -0.05) is 23.1 Å². The van der Waals surface area contributed by atoms with E-state index in [-0.39, 0.29) is 5.91 Å². The van der Waals surface area contributed by atoms with Gasteiger partial charge in [-0.25, -0.2) is 0 Å². The van der Waals surface area contributed by atoms with Crippen LogP contribution < -0.4 is 0 Å². The van der Waals surface area contributed by atoms with Crippen LogP contribution in [0.5, 0.6) is 0 Å². The number of aromatic nitrogens is 2. The first kappa shape index (κ1) is 10.5. The fourth-order valence-corrected chi connectivity index (χ4v) is 2.07. The Morgan fingerprint density at radius 3 is 2.77 bits per heavy atom. The lowest BCUT2D eigenvalue weighted by molar-refractivity contribution is -0.128. The molecule has 0 saturated carbocycles. The quantitative estimate of drug-likeness (QED) is 0.715. The molecule has 0 aliphatic carbocycles. The number of thioether (sulfide) groups is 1. The Kier molecular flexibility index (Phi) is 3.68. The zero-order chi connectivity index (χ0) is 9.84. The van der Waals surface area contributed by atoms with Gasteiger partial charge in [0.15, 0.2) is 4.34 Å². The van der Waals surface area contributed by atoms with Gasteiger partial charge in [0.1, 0.15) is 5.01 Å². The summed E-state index contributed by atoms with van der Waals surface area (Å²) in [4.78, 5) is 12.5. The van der Waals surface area contributed by atoms with Gasteiger partial charge >= 0.3 is 0 Å². The summed E-state index contributed by atoms with van der Waals surface area (Å²) in [5.41, 5.74) is 0. The van der Waals surface area contributed by atoms with Crippen molar-refractivity contribution in [2.45, 2.75) is 17.8 Å². The molecule has 13 heavy (non-hydrogen) atoms. The first-order valence-electron chi connectivity index (χ1n) is 3.71. The molecule has 1 aromatic heterocycles. The van der Waals surface area contributed by atoms with E-state index in [2.05, 4.69) is 10.2 Å². The molecule has 0 spiro atoms. The van der Waals surface area contributed by atoms with E-state index >= 15 is 0 Å². The van der Waals surface area contributed by atoms with E-state index in [0.717, 1.165) is 9.35 Å². The van der Waals surface area contributed by atoms with E-state index in [1.165, 1.54) is 18.3 Å². The second kappa shape index (κ2) is 4.57. The Morgan fingerprint density at radius 2 is 2.31 bits per heavy atom. The molecule has 6 heteroatoms. The van der Waals surface area contributed by atoms with Crippen molar-refractivity contribution in [2.24, 2.45) is 0 Å². The van der Waals surface area contributed by atoms with Crippen LogP contribution in [0.25, 0.3) is 0 Å². The molecule has 0 aliphatic heterocycles. The lowest BCUT2D eigenvalue weighted by atomic mass is 10.5. The van der Waals surface area contributed by atoms with Crippen LogP contribution in [0.15, 0.2) is 4.34 Å². The molecule has 0 bridgehead atoms. The van der Waals surface area contributed by atoms with E-state index in [4.69, 9.17) is 0 Å². The predicted molar refractivity (Wildman–Crippen MR) is 53.8 cm³/mol. The van der Waals surface area contributed by atoms with Gasteiger partial charge in [-0.05, 0) is 6.26 Å². The minimum atomic E-state index is 0.0425. The van der Waals surface area contributed by atoms with Gasteiger partial charge in [-0.2, -0.15) is 0 Å². The maximum Gasteiger partial charge on any atom is 0.219 e. The van der Waals surface area contributed by atoms with Gasteiger partial charge in [0, 0.05) is 14.0 Å². The molecule has 0 aromatic carbocycles. The third-order valence-electron chi connectivity index (χ3n) is 1.53. The van der Waals surface area contributed by atoms with Crippen LogP contribution in [-0.2, 0) is 11.3 Å². The maximum atomic E-state index is 10.9. The topological polar surface area (TPSA) is 46.1 Å². The second-order valence-electron chi connectivity index (χ2n) is 2.54. The van der Waals surface area contributed by atoms with E-state index in [1.807, 2.05) is 6.26 Å². The normalized spacial score (nSPS) is 10.1. The number of hydrogen-bond acceptors (Lipinski definition) is 5. The second-order valence-corrected chi connectivity index (χ2v) is 4.66. The molecular formula is C7H11N3OS2. The fourth-order valence-electron chi connectivity index (χ4n) is 0.699. The summed E-state index contributed by atoms with van der Waals surface area (Å²) in [6.07, 6.45) is 1.96. The highest BCUT2D eigenvalue weighted by atomic mass is 32.2. The molecule has 0 N–H and O–H groups in total. The van der Waals surface area contributed by atoms with Crippen LogP contribution in [0.1, 0.15) is 11.9 Å². The minimum absolute atomic E-state index is 0.0425. The summed E-state index contributed by atoms with van der Waals surface area (Å²) in [7, 11) is 1.75. The molecule has 4 nitrogen and oxygen atoms in total. The smallest absolute Gasteiger partial charge is 0.219 e. The molecule has 0 atom stereocenters. The third kappa shape index (κ3) is 2.96. The molecule has 0 unspecified atom stereocenters. The van der Waals surface area contributed by atoms with Gasteiger partial charge < -0.3 is 4.90 Å². The van der Waals surface area contributed by atoms with Crippen molar-refractivity contribution in [3.63, 3.8) is 0 Å². The average Bonchev–Trinajstić information content (AvgIpc) is 2.52. The molecule has 1 amide bonds. The molecule has 0 radical (unpaired) electrons. The molecule has 72 valence electrons. The summed E-state index contributed by atoms with van der Waals surface area (Å²) in [6.45, 7) is 2.09. The molecule has 0 saturated heterocycles. The zero-order valence-electron chi connectivity index (χ0n) is 7.77. The first-order chi connectivity index (χ1) is 6.13. The molecule has 0 fully saturated rings. The van der Waals surface area contributed by atoms with E-state index in [0.29, 0.717) is 6.54 Å². The largest absolute Gasteiger partial charge is 0.339 e. The van der Waals surface area contributed by atoms with Crippen LogP contribution in [0.2, 0.25) is 0 Å². The Hall–Kier alpha value is -0.620. The van der Waals surface area contributed by atoms with Crippen molar-refractivity contribution >= 4 is 29.0 Å². The van der Waals surface area contributed by atoms with Crippen LogP contribution in [0.3, 0.4) is 0 Å². The highest BCUT2D eigenvalue weighted by Crippen LogP contribution is 2.20. The predicted octanol–water partition coefficient (Wildman–Crippen LogP) is 1.24. The van der Waals surface area contributed by atoms with E-state index in [9.17, 15) is 4.79 Å². The minimum Gasteiger partial charge on any atom is -0.339 e. The van der Waals surface area contributed by atoms with Crippen LogP contribution in [0.4, 0.5) is 0 Å². The summed E-state index contributed by atoms with van der Waals surface area (Å²) in [5.74, 6) is 0.0425. The van der Waals surface area contributed by atoms with Crippen molar-refractivity contribution < 1.29 is 4.79 Å². The molecule has 1 heterocycles. The molecule has 0 aliphatic rings. The van der Waals surface area contributed by atoms with Crippen molar-refractivity contribution in [1.29, 1.82) is 0 Å². The first-order valence-corrected chi connectivity index (χ1v) is 5.75. The van der Waals surface area contributed by atoms with E-state index in [1.54, 1.807) is 23.7 Å². The Bertz CT molecular complexity index is 300. The van der Waals surface area contributed by atoms with Crippen LogP contribution in [0, 0.1) is 0 Å². The monoisotopic (exact) mass is 217 g/mol. The SMILES string of the molecule is CSc1nnc(CN(C)C(C)=O)s1. The molecule has 1 rings (SSSR count). The highest BCUT2D eigenvalue weighted by molar-refractivity contribution is 8.00. The number of hydrogen-bond donors (Lipinski definition) is 0. The maximum absolute atomic E-state index is 10.9. The molecule has 1 aromatic rings. The fraction of sp³-hybridized carbons (Fsp3) is 0.571. The van der Waals surface area contributed by atoms with Crippen LogP contribution >= 0.6 is 23.1 Å². The van der Waals surface area contributed by atoms with Crippen molar-refractivity contribution in [2.75, 3.05) is 13.3 Å². The van der Waals surface area contributed by atoms with Crippen molar-refractivity contribution in [1.82, 2.24) is 15.1 Å². The van der Waals surface area contributed by atoms with Gasteiger partial charge in [0.2, 0.25) is 5.91 Å². The van der Waals surface area contributed by atoms with Gasteiger partial charge in [0.25, 0.3) is 0 Å². The number of nitrogens with zero attached hydrogens (tertiary/aromatic N) is 3. The summed E-state index contributed by atoms with van der Waals surface area (Å²) in [6, 6.07) is 0. The summed E-state index contributed by atoms with van der Waals surface area (Å²) < 4.78 is 0.937. The average molecular weight is 217 g/mol. The lowest BCUT2D eigenvalue weighted by Crippen LogP contribution is -2.22. The summed E-state index contributed by atoms with van der Waals surface area (Å²) >= 11 is 3.09. The van der Waals surface area contributed by atoms with E-state index < -0.39 is 0 Å². The third-order valence-corrected chi connectivity index (χ3v) is 3.42. The zero-order valence-corrected chi connectivity index (χ0v) is 9.41. The Balaban J connectivity index is 2.58. The summed E-state index contributed by atoms with van der Waals surface area (Å²) in [5, 5.41) is 8.78. The molecular weight excluding hydrogens is 206 g/mol. The van der Waals surface area contributed by atoms with Crippen molar-refractivity contribution in [3.8, 4) is 0 Å². The van der Waals surface area contributed by atoms with Crippen LogP contribution in [-0.4, -0.2) is 34.3 Å². The number of amides is 1. The number of carbonyl (C=O) groups excluding carboxylic acids is 1. The van der Waals surface area contributed by atoms with Gasteiger partial charge in [-0.3, -0.25) is 4.79 Å². The van der Waals surface area contributed by atoms with Gasteiger partial charge in [-0.15, -0.1) is 10.2 Å². The number of carbonyl (C=O) groups is 1. The highest BCUT2D eigenvalue weighted by Gasteiger charge is 2.07. The number of rotatable bonds is 3. The Morgan fingerprint density at radius 1 is 1.62 bits per heavy atom. The standard InChI is InChI=1S/C7H11N3OS2/c1-5(11)10(2)4-6-8-9-7(12-3)13-6/h4H2,1-3H3.